The summed E-state index contributed by atoms with van der Waals surface area (Å²) in [6, 6.07) is 1.04. The minimum atomic E-state index is 0.288. The Morgan fingerprint density at radius 1 is 1.00 bits per heavy atom. The molecule has 2 N–H and O–H groups in total. The number of nitrogens with one attached hydrogen (secondary N) is 1. The van der Waals surface area contributed by atoms with E-state index in [0.29, 0.717) is 12.1 Å². The molecule has 0 spiro atoms. The Labute approximate surface area is 89.1 Å². The van der Waals surface area contributed by atoms with Crippen LogP contribution in [0.5, 0.6) is 0 Å². The predicted molar refractivity (Wildman–Crippen MR) is 62.5 cm³/mol. The molecule has 0 bridgehead atoms. The highest BCUT2D eigenvalue weighted by molar-refractivity contribution is 4.67. The lowest BCUT2D eigenvalue weighted by atomic mass is 10.1. The second-order valence-electron chi connectivity index (χ2n) is 4.33. The minimum absolute atomic E-state index is 0.288. The largest absolute Gasteiger partial charge is 0.396 e. The molecule has 1 unspecified atom stereocenters. The molecule has 0 aliphatic rings. The fraction of sp³-hybridized carbons (Fsp3) is 1.00. The predicted octanol–water partition coefficient (Wildman–Crippen LogP) is 2.71. The maximum absolute atomic E-state index is 8.76. The van der Waals surface area contributed by atoms with Crippen molar-refractivity contribution in [3.8, 4) is 0 Å². The van der Waals surface area contributed by atoms with Crippen LogP contribution in [0.2, 0.25) is 0 Å². The topological polar surface area (TPSA) is 32.3 Å². The molecule has 0 heterocycles. The van der Waals surface area contributed by atoms with Crippen LogP contribution in [-0.2, 0) is 0 Å². The van der Waals surface area contributed by atoms with Crippen molar-refractivity contribution in [1.29, 1.82) is 0 Å². The van der Waals surface area contributed by atoms with Crippen LogP contribution >= 0.6 is 0 Å². The summed E-state index contributed by atoms with van der Waals surface area (Å²) in [6.07, 6.45) is 7.47. The number of unbranched alkanes of at least 4 members (excludes halogenated alkanes) is 3. The fourth-order valence-corrected chi connectivity index (χ4v) is 1.72. The van der Waals surface area contributed by atoms with E-state index in [1.165, 1.54) is 32.1 Å². The molecule has 0 fully saturated rings. The summed E-state index contributed by atoms with van der Waals surface area (Å²) in [5.41, 5.74) is 0. The first-order chi connectivity index (χ1) is 6.70. The van der Waals surface area contributed by atoms with Crippen LogP contribution in [0.3, 0.4) is 0 Å². The molecule has 0 amide bonds. The molecular formula is C12H27NO. The average molecular weight is 201 g/mol. The maximum atomic E-state index is 8.76. The Morgan fingerprint density at radius 3 is 2.21 bits per heavy atom. The highest BCUT2D eigenvalue weighted by Gasteiger charge is 2.05. The lowest BCUT2D eigenvalue weighted by Gasteiger charge is -2.19. The van der Waals surface area contributed by atoms with Crippen LogP contribution in [0.1, 0.15) is 59.3 Å². The van der Waals surface area contributed by atoms with Crippen LogP contribution < -0.4 is 5.32 Å². The Morgan fingerprint density at radius 2 is 1.64 bits per heavy atom. The molecule has 0 saturated heterocycles. The summed E-state index contributed by atoms with van der Waals surface area (Å²) in [6.45, 7) is 6.90. The lowest BCUT2D eigenvalue weighted by molar-refractivity contribution is 0.262. The number of hydrogen-bond donors (Lipinski definition) is 2. The quantitative estimate of drug-likeness (QED) is 0.562. The van der Waals surface area contributed by atoms with E-state index in [1.54, 1.807) is 0 Å². The second-order valence-corrected chi connectivity index (χ2v) is 4.33. The third-order valence-corrected chi connectivity index (χ3v) is 2.62. The van der Waals surface area contributed by atoms with Gasteiger partial charge in [-0.15, -0.1) is 0 Å². The summed E-state index contributed by atoms with van der Waals surface area (Å²) in [5.74, 6) is 0. The number of hydrogen-bond acceptors (Lipinski definition) is 2. The fourth-order valence-electron chi connectivity index (χ4n) is 1.72. The molecule has 0 radical (unpaired) electrons. The van der Waals surface area contributed by atoms with Gasteiger partial charge >= 0.3 is 0 Å². The first kappa shape index (κ1) is 13.9. The summed E-state index contributed by atoms with van der Waals surface area (Å²) in [5, 5.41) is 12.3. The van der Waals surface area contributed by atoms with Gasteiger partial charge in [-0.05, 0) is 26.7 Å². The summed E-state index contributed by atoms with van der Waals surface area (Å²) in [4.78, 5) is 0. The SMILES string of the molecule is CCCCCCC(C)N[C@H](C)CCO. The molecule has 2 atom stereocenters. The van der Waals surface area contributed by atoms with Gasteiger partial charge in [0.2, 0.25) is 0 Å². The van der Waals surface area contributed by atoms with Crippen molar-refractivity contribution < 1.29 is 5.11 Å². The van der Waals surface area contributed by atoms with Crippen molar-refractivity contribution >= 4 is 0 Å². The van der Waals surface area contributed by atoms with E-state index in [9.17, 15) is 0 Å². The van der Waals surface area contributed by atoms with E-state index in [-0.39, 0.29) is 6.61 Å². The highest BCUT2D eigenvalue weighted by Crippen LogP contribution is 2.06. The first-order valence-corrected chi connectivity index (χ1v) is 6.07. The van der Waals surface area contributed by atoms with Crippen LogP contribution in [0.25, 0.3) is 0 Å². The van der Waals surface area contributed by atoms with Crippen LogP contribution in [0, 0.1) is 0 Å². The van der Waals surface area contributed by atoms with Crippen molar-refractivity contribution in [1.82, 2.24) is 5.32 Å². The molecule has 14 heavy (non-hydrogen) atoms. The molecule has 0 aliphatic heterocycles. The number of aliphatic hydroxyl groups is 1. The van der Waals surface area contributed by atoms with Crippen molar-refractivity contribution in [2.24, 2.45) is 0 Å². The highest BCUT2D eigenvalue weighted by atomic mass is 16.3. The molecule has 0 aliphatic carbocycles. The summed E-state index contributed by atoms with van der Waals surface area (Å²) >= 11 is 0. The van der Waals surface area contributed by atoms with Crippen molar-refractivity contribution in [2.45, 2.75) is 71.4 Å². The van der Waals surface area contributed by atoms with Gasteiger partial charge < -0.3 is 10.4 Å². The van der Waals surface area contributed by atoms with E-state index >= 15 is 0 Å². The third-order valence-electron chi connectivity index (χ3n) is 2.62. The molecular weight excluding hydrogens is 174 g/mol. The van der Waals surface area contributed by atoms with Gasteiger partial charge in [0, 0.05) is 18.7 Å². The summed E-state index contributed by atoms with van der Waals surface area (Å²) in [7, 11) is 0. The molecule has 86 valence electrons. The Hall–Kier alpha value is -0.0800. The molecule has 0 aromatic carbocycles. The zero-order chi connectivity index (χ0) is 10.8. The van der Waals surface area contributed by atoms with Crippen molar-refractivity contribution in [2.75, 3.05) is 6.61 Å². The standard InChI is InChI=1S/C12H27NO/c1-4-5-6-7-8-11(2)13-12(3)9-10-14/h11-14H,4-10H2,1-3H3/t11?,12-/m1/s1. The number of aliphatic hydroxyl groups excluding tert-OH is 1. The molecule has 2 nitrogen and oxygen atoms in total. The van der Waals surface area contributed by atoms with Gasteiger partial charge in [-0.2, -0.15) is 0 Å². The molecule has 0 aromatic rings. The summed E-state index contributed by atoms with van der Waals surface area (Å²) < 4.78 is 0. The van der Waals surface area contributed by atoms with Crippen molar-refractivity contribution in [3.63, 3.8) is 0 Å². The van der Waals surface area contributed by atoms with E-state index in [4.69, 9.17) is 5.11 Å². The Kier molecular flexibility index (Phi) is 9.42. The van der Waals surface area contributed by atoms with Gasteiger partial charge in [-0.25, -0.2) is 0 Å². The van der Waals surface area contributed by atoms with Gasteiger partial charge in [0.15, 0.2) is 0 Å². The minimum Gasteiger partial charge on any atom is -0.396 e. The van der Waals surface area contributed by atoms with E-state index in [2.05, 4.69) is 26.1 Å². The van der Waals surface area contributed by atoms with E-state index in [0.717, 1.165) is 6.42 Å². The molecule has 0 aromatic heterocycles. The maximum Gasteiger partial charge on any atom is 0.0445 e. The van der Waals surface area contributed by atoms with Crippen LogP contribution in [-0.4, -0.2) is 23.8 Å². The molecule has 2 heteroatoms. The average Bonchev–Trinajstić information content (AvgIpc) is 2.13. The van der Waals surface area contributed by atoms with Crippen LogP contribution in [0.15, 0.2) is 0 Å². The van der Waals surface area contributed by atoms with E-state index < -0.39 is 0 Å². The van der Waals surface area contributed by atoms with Crippen molar-refractivity contribution in [3.05, 3.63) is 0 Å². The Balaban J connectivity index is 3.30. The zero-order valence-corrected chi connectivity index (χ0v) is 10.1. The number of rotatable bonds is 9. The lowest BCUT2D eigenvalue weighted by Crippen LogP contribution is -2.34. The normalized spacial score (nSPS) is 15.4. The third kappa shape index (κ3) is 8.52. The molecule has 0 saturated carbocycles. The van der Waals surface area contributed by atoms with Crippen LogP contribution in [0.4, 0.5) is 0 Å². The van der Waals surface area contributed by atoms with Gasteiger partial charge in [0.05, 0.1) is 0 Å². The van der Waals surface area contributed by atoms with Gasteiger partial charge in [-0.1, -0.05) is 32.6 Å². The first-order valence-electron chi connectivity index (χ1n) is 6.07. The van der Waals surface area contributed by atoms with E-state index in [1.807, 2.05) is 0 Å². The molecule has 0 rings (SSSR count). The van der Waals surface area contributed by atoms with Gasteiger partial charge in [0.1, 0.15) is 0 Å². The monoisotopic (exact) mass is 201 g/mol. The smallest absolute Gasteiger partial charge is 0.0445 e. The second kappa shape index (κ2) is 9.47. The zero-order valence-electron chi connectivity index (χ0n) is 10.1. The van der Waals surface area contributed by atoms with Gasteiger partial charge in [0.25, 0.3) is 0 Å². The van der Waals surface area contributed by atoms with Gasteiger partial charge in [-0.3, -0.25) is 0 Å². The Bertz CT molecular complexity index is 117.